The van der Waals surface area contributed by atoms with Crippen LogP contribution in [0.15, 0.2) is 24.6 Å². The molecule has 0 aromatic carbocycles. The molecule has 0 saturated heterocycles. The van der Waals surface area contributed by atoms with Gasteiger partial charge in [-0.2, -0.15) is 0 Å². The summed E-state index contributed by atoms with van der Waals surface area (Å²) in [6.07, 6.45) is 3.37. The molecule has 1 rings (SSSR count). The second-order valence-electron chi connectivity index (χ2n) is 1.37. The Morgan fingerprint density at radius 3 is 2.57 bits per heavy atom. The highest BCUT2D eigenvalue weighted by molar-refractivity contribution is 6.07. The summed E-state index contributed by atoms with van der Waals surface area (Å²) in [5.74, 6) is 0. The molecular formula is C5H6N2. The van der Waals surface area contributed by atoms with E-state index < -0.39 is 0 Å². The third-order valence-electron chi connectivity index (χ3n) is 0.833. The fourth-order valence-corrected chi connectivity index (χ4v) is 0.404. The minimum absolute atomic E-state index is 0.472. The molecule has 36 valence electrons. The van der Waals surface area contributed by atoms with Crippen LogP contribution >= 0.6 is 0 Å². The van der Waals surface area contributed by atoms with E-state index in [0.29, 0.717) is 11.4 Å². The monoisotopic (exact) mass is 94.1 g/mol. The van der Waals surface area contributed by atoms with Crippen LogP contribution in [0.25, 0.3) is 0 Å². The molecule has 0 aromatic heterocycles. The van der Waals surface area contributed by atoms with Gasteiger partial charge in [-0.25, -0.2) is 0 Å². The number of hydrogen-bond acceptors (Lipinski definition) is 2. The van der Waals surface area contributed by atoms with Crippen LogP contribution in [0.1, 0.15) is 0 Å². The number of rotatable bonds is 0. The number of hydrogen-bond donors (Lipinski definition) is 2. The van der Waals surface area contributed by atoms with Crippen molar-refractivity contribution in [2.24, 2.45) is 0 Å². The van der Waals surface area contributed by atoms with Crippen LogP contribution in [0.3, 0.4) is 0 Å². The van der Waals surface area contributed by atoms with Crippen molar-refractivity contribution in [2.75, 3.05) is 0 Å². The van der Waals surface area contributed by atoms with E-state index in [1.807, 2.05) is 0 Å². The van der Waals surface area contributed by atoms with Crippen LogP contribution < -0.4 is 5.32 Å². The van der Waals surface area contributed by atoms with Crippen LogP contribution in [0.2, 0.25) is 0 Å². The summed E-state index contributed by atoms with van der Waals surface area (Å²) in [5.41, 5.74) is 1.15. The molecule has 0 aliphatic carbocycles. The Kier molecular flexibility index (Phi) is 0.719. The molecule has 0 saturated carbocycles. The predicted molar refractivity (Wildman–Crippen MR) is 29.1 cm³/mol. The maximum atomic E-state index is 7.01. The average Bonchev–Trinajstić information content (AvgIpc) is 1.91. The summed E-state index contributed by atoms with van der Waals surface area (Å²) in [6.45, 7) is 3.54. The summed E-state index contributed by atoms with van der Waals surface area (Å²) in [5, 5.41) is 9.78. The molecule has 2 heteroatoms. The van der Waals surface area contributed by atoms with Crippen molar-refractivity contribution in [1.29, 1.82) is 5.41 Å². The molecule has 0 atom stereocenters. The maximum Gasteiger partial charge on any atom is 0.0782 e. The van der Waals surface area contributed by atoms with E-state index in [2.05, 4.69) is 11.9 Å². The van der Waals surface area contributed by atoms with E-state index in [1.165, 1.54) is 0 Å². The number of allylic oxidation sites excluding steroid dienone is 1. The number of nitrogens with one attached hydrogen (secondary N) is 2. The maximum absolute atomic E-state index is 7.01. The van der Waals surface area contributed by atoms with E-state index in [4.69, 9.17) is 5.41 Å². The highest BCUT2D eigenvalue weighted by atomic mass is 14.9. The quantitative estimate of drug-likeness (QED) is 0.454. The Balaban J connectivity index is 2.81. The molecular weight excluding hydrogens is 88.1 g/mol. The Labute approximate surface area is 42.0 Å². The van der Waals surface area contributed by atoms with Crippen molar-refractivity contribution in [1.82, 2.24) is 5.32 Å². The van der Waals surface area contributed by atoms with Crippen molar-refractivity contribution in [3.63, 3.8) is 0 Å². The lowest BCUT2D eigenvalue weighted by atomic mass is 10.3. The Hall–Kier alpha value is -1.05. The zero-order valence-electron chi connectivity index (χ0n) is 3.86. The summed E-state index contributed by atoms with van der Waals surface area (Å²) < 4.78 is 0. The van der Waals surface area contributed by atoms with Crippen LogP contribution in [0.5, 0.6) is 0 Å². The van der Waals surface area contributed by atoms with Gasteiger partial charge in [-0.15, -0.1) is 0 Å². The highest BCUT2D eigenvalue weighted by Crippen LogP contribution is 1.95. The topological polar surface area (TPSA) is 35.9 Å². The highest BCUT2D eigenvalue weighted by Gasteiger charge is 1.99. The zero-order valence-corrected chi connectivity index (χ0v) is 3.86. The standard InChI is InChI=1S/C5H6N2/c1-4-5(6)2-3-7-4/h2-3,6-7H,1H2. The second-order valence-corrected chi connectivity index (χ2v) is 1.37. The first-order valence-corrected chi connectivity index (χ1v) is 2.01. The molecule has 1 aliphatic rings. The molecule has 0 radical (unpaired) electrons. The summed E-state index contributed by atoms with van der Waals surface area (Å²) in [4.78, 5) is 0. The SMILES string of the molecule is C=C1NC=CC1=N. The van der Waals surface area contributed by atoms with E-state index >= 15 is 0 Å². The van der Waals surface area contributed by atoms with Crippen molar-refractivity contribution in [3.05, 3.63) is 24.6 Å². The molecule has 0 bridgehead atoms. The van der Waals surface area contributed by atoms with Crippen molar-refractivity contribution < 1.29 is 0 Å². The van der Waals surface area contributed by atoms with Crippen LogP contribution in [0.4, 0.5) is 0 Å². The summed E-state index contributed by atoms with van der Waals surface area (Å²) in [7, 11) is 0. The van der Waals surface area contributed by atoms with E-state index in [1.54, 1.807) is 12.3 Å². The molecule has 2 nitrogen and oxygen atoms in total. The van der Waals surface area contributed by atoms with Crippen LogP contribution in [-0.2, 0) is 0 Å². The van der Waals surface area contributed by atoms with Gasteiger partial charge >= 0.3 is 0 Å². The Bertz CT molecular complexity index is 144. The van der Waals surface area contributed by atoms with E-state index in [-0.39, 0.29) is 0 Å². The lowest BCUT2D eigenvalue weighted by molar-refractivity contribution is 1.18. The third kappa shape index (κ3) is 0.538. The van der Waals surface area contributed by atoms with Gasteiger partial charge in [-0.05, 0) is 6.08 Å². The van der Waals surface area contributed by atoms with Crippen molar-refractivity contribution in [3.8, 4) is 0 Å². The Morgan fingerprint density at radius 1 is 1.71 bits per heavy atom. The van der Waals surface area contributed by atoms with Gasteiger partial charge in [0.15, 0.2) is 0 Å². The van der Waals surface area contributed by atoms with Gasteiger partial charge in [0.1, 0.15) is 0 Å². The second kappa shape index (κ2) is 1.22. The third-order valence-corrected chi connectivity index (χ3v) is 0.833. The predicted octanol–water partition coefficient (Wildman–Crippen LogP) is 0.637. The molecule has 0 fully saturated rings. The summed E-state index contributed by atoms with van der Waals surface area (Å²) >= 11 is 0. The molecule has 0 spiro atoms. The largest absolute Gasteiger partial charge is 0.360 e. The molecule has 1 aliphatic heterocycles. The Morgan fingerprint density at radius 2 is 2.43 bits per heavy atom. The first kappa shape index (κ1) is 4.12. The fraction of sp³-hybridized carbons (Fsp3) is 0. The normalized spacial score (nSPS) is 17.7. The van der Waals surface area contributed by atoms with Gasteiger partial charge in [-0.3, -0.25) is 5.41 Å². The van der Waals surface area contributed by atoms with Gasteiger partial charge in [0, 0.05) is 6.20 Å². The van der Waals surface area contributed by atoms with Gasteiger partial charge in [0.2, 0.25) is 0 Å². The molecule has 1 heterocycles. The van der Waals surface area contributed by atoms with Gasteiger partial charge in [0.05, 0.1) is 11.4 Å². The lowest BCUT2D eigenvalue weighted by Gasteiger charge is -1.89. The molecule has 0 amide bonds. The minimum Gasteiger partial charge on any atom is -0.360 e. The smallest absolute Gasteiger partial charge is 0.0782 e. The van der Waals surface area contributed by atoms with Gasteiger partial charge < -0.3 is 5.32 Å². The lowest BCUT2D eigenvalue weighted by Crippen LogP contribution is -2.01. The first-order valence-electron chi connectivity index (χ1n) is 2.01. The van der Waals surface area contributed by atoms with E-state index in [0.717, 1.165) is 0 Å². The minimum atomic E-state index is 0.472. The first-order chi connectivity index (χ1) is 3.30. The van der Waals surface area contributed by atoms with E-state index in [9.17, 15) is 0 Å². The molecule has 7 heavy (non-hydrogen) atoms. The molecule has 2 N–H and O–H groups in total. The average molecular weight is 94.1 g/mol. The van der Waals surface area contributed by atoms with Gasteiger partial charge in [0.25, 0.3) is 0 Å². The van der Waals surface area contributed by atoms with Crippen LogP contribution in [-0.4, -0.2) is 5.71 Å². The van der Waals surface area contributed by atoms with Crippen molar-refractivity contribution in [2.45, 2.75) is 0 Å². The zero-order chi connectivity index (χ0) is 5.28. The molecule has 0 aromatic rings. The van der Waals surface area contributed by atoms with Gasteiger partial charge in [-0.1, -0.05) is 6.58 Å². The fourth-order valence-electron chi connectivity index (χ4n) is 0.404. The van der Waals surface area contributed by atoms with Crippen molar-refractivity contribution >= 4 is 5.71 Å². The van der Waals surface area contributed by atoms with Crippen LogP contribution in [0, 0.1) is 5.41 Å². The summed E-state index contributed by atoms with van der Waals surface area (Å²) in [6, 6.07) is 0. The molecule has 0 unspecified atom stereocenters.